The Kier molecular flexibility index (Phi) is 4.51. The van der Waals surface area contributed by atoms with Crippen molar-refractivity contribution < 1.29 is 4.79 Å². The van der Waals surface area contributed by atoms with Crippen LogP contribution in [0.5, 0.6) is 0 Å². The summed E-state index contributed by atoms with van der Waals surface area (Å²) in [4.78, 5) is 26.8. The zero-order chi connectivity index (χ0) is 17.1. The van der Waals surface area contributed by atoms with Crippen LogP contribution in [0.25, 0.3) is 11.0 Å². The average Bonchev–Trinajstić information content (AvgIpc) is 2.86. The number of anilines is 1. The minimum atomic E-state index is -0.0910. The molecule has 0 saturated carbocycles. The summed E-state index contributed by atoms with van der Waals surface area (Å²) in [6.45, 7) is 2.94. The van der Waals surface area contributed by atoms with Gasteiger partial charge in [-0.15, -0.1) is 0 Å². The molecule has 0 aliphatic rings. The molecule has 0 aliphatic heterocycles. The number of rotatable bonds is 5. The van der Waals surface area contributed by atoms with Crippen LogP contribution in [0.4, 0.5) is 5.69 Å². The summed E-state index contributed by atoms with van der Waals surface area (Å²) in [6.07, 6.45) is 0.288. The largest absolute Gasteiger partial charge is 0.328 e. The van der Waals surface area contributed by atoms with Crippen LogP contribution >= 0.6 is 0 Å². The van der Waals surface area contributed by atoms with Gasteiger partial charge in [-0.3, -0.25) is 13.9 Å². The summed E-state index contributed by atoms with van der Waals surface area (Å²) in [5.74, 6) is 0.0172. The standard InChI is InChI=1S/C19H21N3O2/c1-3-21(15-9-5-4-6-10-15)18(23)13-14-22-17-12-8-7-11-16(17)20(2)19(22)24/h4-12H,3,13-14H2,1-2H3. The normalized spacial score (nSPS) is 10.9. The van der Waals surface area contributed by atoms with Crippen molar-refractivity contribution in [3.63, 3.8) is 0 Å². The number of para-hydroxylation sites is 3. The Morgan fingerprint density at radius 3 is 2.29 bits per heavy atom. The highest BCUT2D eigenvalue weighted by Gasteiger charge is 2.16. The molecule has 0 unspecified atom stereocenters. The number of aromatic nitrogens is 2. The third-order valence-corrected chi connectivity index (χ3v) is 4.29. The zero-order valence-electron chi connectivity index (χ0n) is 14.0. The van der Waals surface area contributed by atoms with E-state index >= 15 is 0 Å². The predicted molar refractivity (Wildman–Crippen MR) is 96.3 cm³/mol. The van der Waals surface area contributed by atoms with Crippen molar-refractivity contribution in [3.05, 3.63) is 65.1 Å². The SMILES string of the molecule is CCN(C(=O)CCn1c(=O)n(C)c2ccccc21)c1ccccc1. The molecule has 0 bridgehead atoms. The second-order valence-corrected chi connectivity index (χ2v) is 5.71. The number of carbonyl (C=O) groups excluding carboxylic acids is 1. The second-order valence-electron chi connectivity index (χ2n) is 5.71. The summed E-state index contributed by atoms with van der Waals surface area (Å²) >= 11 is 0. The number of amides is 1. The third kappa shape index (κ3) is 2.85. The molecule has 5 nitrogen and oxygen atoms in total. The molecule has 1 heterocycles. The number of benzene rings is 2. The Morgan fingerprint density at radius 2 is 1.62 bits per heavy atom. The number of nitrogens with zero attached hydrogens (tertiary/aromatic N) is 3. The van der Waals surface area contributed by atoms with Crippen molar-refractivity contribution in [2.45, 2.75) is 19.9 Å². The molecule has 0 radical (unpaired) electrons. The maximum absolute atomic E-state index is 12.6. The monoisotopic (exact) mass is 323 g/mol. The molecule has 24 heavy (non-hydrogen) atoms. The van der Waals surface area contributed by atoms with E-state index in [1.54, 1.807) is 21.1 Å². The summed E-state index contributed by atoms with van der Waals surface area (Å²) < 4.78 is 3.29. The number of hydrogen-bond donors (Lipinski definition) is 0. The Hall–Kier alpha value is -2.82. The lowest BCUT2D eigenvalue weighted by atomic mass is 10.2. The molecule has 3 rings (SSSR count). The number of aryl methyl sites for hydroxylation is 2. The van der Waals surface area contributed by atoms with Gasteiger partial charge in [0.1, 0.15) is 0 Å². The van der Waals surface area contributed by atoms with Crippen molar-refractivity contribution in [1.82, 2.24) is 9.13 Å². The van der Waals surface area contributed by atoms with E-state index in [2.05, 4.69) is 0 Å². The first kappa shape index (κ1) is 16.1. The fourth-order valence-corrected chi connectivity index (χ4v) is 3.03. The van der Waals surface area contributed by atoms with Gasteiger partial charge >= 0.3 is 5.69 Å². The molecule has 3 aromatic rings. The molecule has 2 aromatic carbocycles. The molecule has 124 valence electrons. The Balaban J connectivity index is 1.82. The molecular formula is C19H21N3O2. The molecular weight excluding hydrogens is 302 g/mol. The smallest absolute Gasteiger partial charge is 0.313 e. The lowest BCUT2D eigenvalue weighted by Gasteiger charge is -2.21. The van der Waals surface area contributed by atoms with Crippen molar-refractivity contribution in [3.8, 4) is 0 Å². The number of carbonyl (C=O) groups is 1. The molecule has 0 N–H and O–H groups in total. The first-order valence-electron chi connectivity index (χ1n) is 8.13. The quantitative estimate of drug-likeness (QED) is 0.725. The van der Waals surface area contributed by atoms with Crippen LogP contribution in [0.3, 0.4) is 0 Å². The summed E-state index contributed by atoms with van der Waals surface area (Å²) in [5, 5.41) is 0. The predicted octanol–water partition coefficient (Wildman–Crippen LogP) is 2.78. The lowest BCUT2D eigenvalue weighted by molar-refractivity contribution is -0.118. The van der Waals surface area contributed by atoms with Gasteiger partial charge in [-0.2, -0.15) is 0 Å². The molecule has 1 amide bonds. The number of imidazole rings is 1. The topological polar surface area (TPSA) is 47.2 Å². The van der Waals surface area contributed by atoms with Gasteiger partial charge in [0.05, 0.1) is 11.0 Å². The highest BCUT2D eigenvalue weighted by molar-refractivity contribution is 5.93. The van der Waals surface area contributed by atoms with Crippen molar-refractivity contribution in [1.29, 1.82) is 0 Å². The van der Waals surface area contributed by atoms with Gasteiger partial charge in [-0.1, -0.05) is 30.3 Å². The highest BCUT2D eigenvalue weighted by Crippen LogP contribution is 2.16. The van der Waals surface area contributed by atoms with Crippen LogP contribution in [0, 0.1) is 0 Å². The first-order chi connectivity index (χ1) is 11.6. The highest BCUT2D eigenvalue weighted by atomic mass is 16.2. The average molecular weight is 323 g/mol. The zero-order valence-corrected chi connectivity index (χ0v) is 14.0. The first-order valence-corrected chi connectivity index (χ1v) is 8.13. The minimum absolute atomic E-state index is 0.0172. The number of hydrogen-bond acceptors (Lipinski definition) is 2. The van der Waals surface area contributed by atoms with E-state index in [9.17, 15) is 9.59 Å². The van der Waals surface area contributed by atoms with Crippen LogP contribution in [-0.2, 0) is 18.4 Å². The van der Waals surface area contributed by atoms with Gasteiger partial charge in [-0.05, 0) is 31.2 Å². The summed E-state index contributed by atoms with van der Waals surface area (Å²) in [6, 6.07) is 17.2. The van der Waals surface area contributed by atoms with Crippen molar-refractivity contribution in [2.24, 2.45) is 7.05 Å². The van der Waals surface area contributed by atoms with E-state index in [4.69, 9.17) is 0 Å². The van der Waals surface area contributed by atoms with Crippen molar-refractivity contribution >= 4 is 22.6 Å². The van der Waals surface area contributed by atoms with E-state index in [1.165, 1.54) is 0 Å². The summed E-state index contributed by atoms with van der Waals surface area (Å²) in [5.41, 5.74) is 2.54. The summed E-state index contributed by atoms with van der Waals surface area (Å²) in [7, 11) is 1.76. The van der Waals surface area contributed by atoms with Crippen LogP contribution in [0.2, 0.25) is 0 Å². The van der Waals surface area contributed by atoms with Gasteiger partial charge in [0.2, 0.25) is 5.91 Å². The maximum atomic E-state index is 12.6. The molecule has 0 atom stereocenters. The molecule has 0 fully saturated rings. The van der Waals surface area contributed by atoms with Crippen molar-refractivity contribution in [2.75, 3.05) is 11.4 Å². The van der Waals surface area contributed by atoms with Gasteiger partial charge in [-0.25, -0.2) is 4.79 Å². The van der Waals surface area contributed by atoms with E-state index in [0.717, 1.165) is 16.7 Å². The molecule has 0 saturated heterocycles. The fourth-order valence-electron chi connectivity index (χ4n) is 3.03. The van der Waals surface area contributed by atoms with Gasteiger partial charge < -0.3 is 4.90 Å². The minimum Gasteiger partial charge on any atom is -0.313 e. The van der Waals surface area contributed by atoms with E-state index < -0.39 is 0 Å². The Bertz CT molecular complexity index is 909. The molecule has 0 aliphatic carbocycles. The van der Waals surface area contributed by atoms with Crippen LogP contribution in [-0.4, -0.2) is 21.6 Å². The fraction of sp³-hybridized carbons (Fsp3) is 0.263. The van der Waals surface area contributed by atoms with Gasteiger partial charge in [0.15, 0.2) is 0 Å². The van der Waals surface area contributed by atoms with Crippen LogP contribution < -0.4 is 10.6 Å². The molecule has 5 heteroatoms. The van der Waals surface area contributed by atoms with E-state index in [1.807, 2.05) is 61.5 Å². The van der Waals surface area contributed by atoms with Gasteiger partial charge in [0.25, 0.3) is 0 Å². The molecule has 1 aromatic heterocycles. The molecule has 0 spiro atoms. The van der Waals surface area contributed by atoms with Gasteiger partial charge in [0, 0.05) is 32.2 Å². The van der Waals surface area contributed by atoms with Crippen LogP contribution in [0.15, 0.2) is 59.4 Å². The van der Waals surface area contributed by atoms with Crippen LogP contribution in [0.1, 0.15) is 13.3 Å². The van der Waals surface area contributed by atoms with E-state index in [0.29, 0.717) is 13.1 Å². The lowest BCUT2D eigenvalue weighted by Crippen LogP contribution is -2.32. The van der Waals surface area contributed by atoms with E-state index in [-0.39, 0.29) is 18.0 Å². The Morgan fingerprint density at radius 1 is 1.00 bits per heavy atom. The second kappa shape index (κ2) is 6.74. The maximum Gasteiger partial charge on any atom is 0.328 e. The number of fused-ring (bicyclic) bond motifs is 1. The third-order valence-electron chi connectivity index (χ3n) is 4.29. The Labute approximate surface area is 140 Å².